The molecule has 2 aromatic rings. The normalized spacial score (nSPS) is 13.3. The van der Waals surface area contributed by atoms with Gasteiger partial charge in [0.1, 0.15) is 10.8 Å². The number of carbonyl (C=O) groups excluding carboxylic acids is 2. The lowest BCUT2D eigenvalue weighted by Crippen LogP contribution is -2.19. The van der Waals surface area contributed by atoms with Crippen molar-refractivity contribution in [3.8, 4) is 5.75 Å². The molecule has 0 spiro atoms. The van der Waals surface area contributed by atoms with Crippen molar-refractivity contribution < 1.29 is 14.3 Å². The third-order valence-corrected chi connectivity index (χ3v) is 6.48. The first-order valence-corrected chi connectivity index (χ1v) is 11.2. The minimum Gasteiger partial charge on any atom is -0.493 e. The zero-order valence-electron chi connectivity index (χ0n) is 16.1. The number of carbonyl (C=O) groups is 2. The van der Waals surface area contributed by atoms with Crippen LogP contribution in [0.1, 0.15) is 64.3 Å². The minimum absolute atomic E-state index is 0.304. The summed E-state index contributed by atoms with van der Waals surface area (Å²) in [6.45, 7) is 4.80. The standard InChI is InChI=1S/C21H25BrN2O3S/c1-12(2)9-10-27-16-8-7-13(22)11-15(16)20(26)24-21-18(19(23)25)14-5-3-4-6-17(14)28-21/h7-8,11-12H,3-6,9-10H2,1-2H3,(H2,23,25)(H,24,26). The lowest BCUT2D eigenvalue weighted by molar-refractivity contribution is 0.100. The summed E-state index contributed by atoms with van der Waals surface area (Å²) in [6.07, 6.45) is 4.80. The number of hydrogen-bond donors (Lipinski definition) is 2. The van der Waals surface area contributed by atoms with Crippen LogP contribution in [-0.2, 0) is 12.8 Å². The average Bonchev–Trinajstić information content (AvgIpc) is 3.00. The van der Waals surface area contributed by atoms with Gasteiger partial charge in [-0.05, 0) is 61.8 Å². The fourth-order valence-corrected chi connectivity index (χ4v) is 4.95. The lowest BCUT2D eigenvalue weighted by Gasteiger charge is -2.13. The van der Waals surface area contributed by atoms with Gasteiger partial charge < -0.3 is 15.8 Å². The van der Waals surface area contributed by atoms with Crippen molar-refractivity contribution in [2.24, 2.45) is 11.7 Å². The van der Waals surface area contributed by atoms with Crippen molar-refractivity contribution in [2.45, 2.75) is 46.0 Å². The predicted molar refractivity (Wildman–Crippen MR) is 117 cm³/mol. The summed E-state index contributed by atoms with van der Waals surface area (Å²) >= 11 is 4.88. The van der Waals surface area contributed by atoms with Crippen LogP contribution in [0.3, 0.4) is 0 Å². The number of ether oxygens (including phenoxy) is 1. The first-order chi connectivity index (χ1) is 13.4. The molecule has 0 radical (unpaired) electrons. The van der Waals surface area contributed by atoms with E-state index >= 15 is 0 Å². The highest BCUT2D eigenvalue weighted by atomic mass is 79.9. The minimum atomic E-state index is -0.489. The summed E-state index contributed by atoms with van der Waals surface area (Å²) < 4.78 is 6.64. The molecule has 0 fully saturated rings. The summed E-state index contributed by atoms with van der Waals surface area (Å²) in [6, 6.07) is 5.37. The van der Waals surface area contributed by atoms with E-state index in [1.165, 1.54) is 11.3 Å². The molecule has 0 bridgehead atoms. The van der Waals surface area contributed by atoms with Crippen LogP contribution in [-0.4, -0.2) is 18.4 Å². The largest absolute Gasteiger partial charge is 0.493 e. The van der Waals surface area contributed by atoms with Crippen molar-refractivity contribution in [3.63, 3.8) is 0 Å². The zero-order valence-corrected chi connectivity index (χ0v) is 18.5. The zero-order chi connectivity index (χ0) is 20.3. The fourth-order valence-electron chi connectivity index (χ4n) is 3.30. The van der Waals surface area contributed by atoms with Crippen LogP contribution in [0.4, 0.5) is 5.00 Å². The maximum absolute atomic E-state index is 13.0. The number of benzene rings is 1. The maximum atomic E-state index is 13.0. The van der Waals surface area contributed by atoms with Crippen LogP contribution in [0.15, 0.2) is 22.7 Å². The molecule has 0 aliphatic heterocycles. The number of thiophene rings is 1. The molecule has 1 aliphatic carbocycles. The highest BCUT2D eigenvalue weighted by Crippen LogP contribution is 2.38. The quantitative estimate of drug-likeness (QED) is 0.592. The second-order valence-corrected chi connectivity index (χ2v) is 9.43. The summed E-state index contributed by atoms with van der Waals surface area (Å²) in [5.41, 5.74) is 7.53. The van der Waals surface area contributed by atoms with Crippen molar-refractivity contribution in [1.82, 2.24) is 0 Å². The van der Waals surface area contributed by atoms with E-state index in [0.717, 1.165) is 47.0 Å². The monoisotopic (exact) mass is 464 g/mol. The smallest absolute Gasteiger partial charge is 0.260 e. The number of nitrogens with one attached hydrogen (secondary N) is 1. The third kappa shape index (κ3) is 4.75. The first kappa shape index (κ1) is 20.9. The average molecular weight is 465 g/mol. The van der Waals surface area contributed by atoms with Crippen LogP contribution in [0, 0.1) is 5.92 Å². The van der Waals surface area contributed by atoms with Crippen LogP contribution in [0.25, 0.3) is 0 Å². The fraction of sp³-hybridized carbons (Fsp3) is 0.429. The maximum Gasteiger partial charge on any atom is 0.260 e. The molecule has 0 saturated heterocycles. The van der Waals surface area contributed by atoms with Gasteiger partial charge in [-0.1, -0.05) is 29.8 Å². The summed E-state index contributed by atoms with van der Waals surface area (Å²) in [5, 5.41) is 3.45. The van der Waals surface area contributed by atoms with Gasteiger partial charge in [-0.3, -0.25) is 9.59 Å². The van der Waals surface area contributed by atoms with Crippen molar-refractivity contribution in [1.29, 1.82) is 0 Å². The Morgan fingerprint density at radius 2 is 2.04 bits per heavy atom. The number of nitrogens with two attached hydrogens (primary N) is 1. The highest BCUT2D eigenvalue weighted by molar-refractivity contribution is 9.10. The van der Waals surface area contributed by atoms with E-state index in [9.17, 15) is 9.59 Å². The van der Waals surface area contributed by atoms with Crippen LogP contribution >= 0.6 is 27.3 Å². The molecule has 2 amide bonds. The summed E-state index contributed by atoms with van der Waals surface area (Å²) in [4.78, 5) is 26.2. The van der Waals surface area contributed by atoms with Gasteiger partial charge in [-0.25, -0.2) is 0 Å². The molecule has 0 unspecified atom stereocenters. The lowest BCUT2D eigenvalue weighted by atomic mass is 9.95. The SMILES string of the molecule is CC(C)CCOc1ccc(Br)cc1C(=O)Nc1sc2c(c1C(N)=O)CCCC2. The molecule has 150 valence electrons. The Bertz CT molecular complexity index is 892. The van der Waals surface area contributed by atoms with Crippen molar-refractivity contribution in [2.75, 3.05) is 11.9 Å². The van der Waals surface area contributed by atoms with Gasteiger partial charge in [0.15, 0.2) is 0 Å². The molecular weight excluding hydrogens is 440 g/mol. The van der Waals surface area contributed by atoms with Gasteiger partial charge in [0.2, 0.25) is 0 Å². The summed E-state index contributed by atoms with van der Waals surface area (Å²) in [5.74, 6) is 0.255. The summed E-state index contributed by atoms with van der Waals surface area (Å²) in [7, 11) is 0. The van der Waals surface area contributed by atoms with Crippen LogP contribution in [0.2, 0.25) is 0 Å². The first-order valence-electron chi connectivity index (χ1n) is 9.55. The topological polar surface area (TPSA) is 81.4 Å². The van der Waals surface area contributed by atoms with Gasteiger partial charge >= 0.3 is 0 Å². The van der Waals surface area contributed by atoms with E-state index in [2.05, 4.69) is 35.1 Å². The van der Waals surface area contributed by atoms with Crippen LogP contribution < -0.4 is 15.8 Å². The molecule has 1 aromatic carbocycles. The Labute approximate surface area is 177 Å². The van der Waals surface area contributed by atoms with E-state index in [4.69, 9.17) is 10.5 Å². The van der Waals surface area contributed by atoms with Gasteiger partial charge in [-0.15, -0.1) is 11.3 Å². The van der Waals surface area contributed by atoms with E-state index in [1.807, 2.05) is 6.07 Å². The van der Waals surface area contributed by atoms with Gasteiger partial charge in [0.05, 0.1) is 17.7 Å². The Morgan fingerprint density at radius 3 is 2.75 bits per heavy atom. The molecule has 1 heterocycles. The number of aryl methyl sites for hydroxylation is 1. The second-order valence-electron chi connectivity index (χ2n) is 7.40. The number of fused-ring (bicyclic) bond motifs is 1. The van der Waals surface area contributed by atoms with Gasteiger partial charge in [-0.2, -0.15) is 0 Å². The molecule has 3 N–H and O–H groups in total. The molecule has 1 aliphatic rings. The van der Waals surface area contributed by atoms with Gasteiger partial charge in [0.25, 0.3) is 11.8 Å². The van der Waals surface area contributed by atoms with E-state index in [-0.39, 0.29) is 5.91 Å². The number of halogens is 1. The molecule has 5 nitrogen and oxygen atoms in total. The molecule has 7 heteroatoms. The Kier molecular flexibility index (Phi) is 6.78. The third-order valence-electron chi connectivity index (χ3n) is 4.78. The number of primary amides is 1. The van der Waals surface area contributed by atoms with E-state index in [1.54, 1.807) is 12.1 Å². The number of anilines is 1. The van der Waals surface area contributed by atoms with Crippen molar-refractivity contribution in [3.05, 3.63) is 44.2 Å². The van der Waals surface area contributed by atoms with Crippen molar-refractivity contribution >= 4 is 44.1 Å². The molecular formula is C21H25BrN2O3S. The number of rotatable bonds is 7. The molecule has 1 aromatic heterocycles. The van der Waals surface area contributed by atoms with E-state index in [0.29, 0.717) is 34.4 Å². The Morgan fingerprint density at radius 1 is 1.29 bits per heavy atom. The molecule has 28 heavy (non-hydrogen) atoms. The Hall–Kier alpha value is -1.86. The van der Waals surface area contributed by atoms with Gasteiger partial charge in [0, 0.05) is 9.35 Å². The predicted octanol–water partition coefficient (Wildman–Crippen LogP) is 5.17. The van der Waals surface area contributed by atoms with Crippen LogP contribution in [0.5, 0.6) is 5.75 Å². The Balaban J connectivity index is 1.86. The second kappa shape index (κ2) is 9.09. The highest BCUT2D eigenvalue weighted by Gasteiger charge is 2.26. The van der Waals surface area contributed by atoms with E-state index < -0.39 is 5.91 Å². The molecule has 0 atom stereocenters. The number of amides is 2. The molecule has 0 saturated carbocycles. The molecule has 3 rings (SSSR count). The number of hydrogen-bond acceptors (Lipinski definition) is 4.